The molecule has 2 atom stereocenters. The number of ether oxygens (including phenoxy) is 2. The maximum Gasteiger partial charge on any atom is 0.162 e. The third-order valence-corrected chi connectivity index (χ3v) is 5.59. The number of para-hydroxylation sites is 1. The first-order valence-electron chi connectivity index (χ1n) is 10.3. The van der Waals surface area contributed by atoms with Crippen molar-refractivity contribution in [3.05, 3.63) is 88.4 Å². The molecule has 3 aromatic carbocycles. The van der Waals surface area contributed by atoms with Crippen molar-refractivity contribution in [3.63, 3.8) is 0 Å². The average Bonchev–Trinajstić information content (AvgIpc) is 2.81. The van der Waals surface area contributed by atoms with Gasteiger partial charge in [0.05, 0.1) is 13.7 Å². The van der Waals surface area contributed by atoms with E-state index >= 15 is 0 Å². The minimum atomic E-state index is -0.285. The van der Waals surface area contributed by atoms with Crippen LogP contribution in [0, 0.1) is 0 Å². The molecule has 0 aromatic heterocycles. The Hall–Kier alpha value is -3.02. The summed E-state index contributed by atoms with van der Waals surface area (Å²) in [5, 5.41) is 15.1. The van der Waals surface area contributed by atoms with Crippen molar-refractivity contribution in [2.24, 2.45) is 4.99 Å². The summed E-state index contributed by atoms with van der Waals surface area (Å²) in [4.78, 5) is 4.99. The Balaban J connectivity index is 1.75. The lowest BCUT2D eigenvalue weighted by atomic mass is 9.93. The minimum absolute atomic E-state index is 0.153. The average molecular weight is 437 g/mol. The fraction of sp³-hybridized carbons (Fsp3) is 0.240. The number of rotatable bonds is 6. The first kappa shape index (κ1) is 21.2. The Morgan fingerprint density at radius 2 is 1.87 bits per heavy atom. The van der Waals surface area contributed by atoms with Gasteiger partial charge in [-0.2, -0.15) is 0 Å². The summed E-state index contributed by atoms with van der Waals surface area (Å²) in [7, 11) is 1.65. The van der Waals surface area contributed by atoms with E-state index in [1.54, 1.807) is 13.2 Å². The predicted octanol–water partition coefficient (Wildman–Crippen LogP) is 5.68. The van der Waals surface area contributed by atoms with Gasteiger partial charge >= 0.3 is 0 Å². The van der Waals surface area contributed by atoms with E-state index in [9.17, 15) is 5.11 Å². The number of aliphatic imine (C=N–C) groups is 1. The Labute approximate surface area is 187 Å². The second kappa shape index (κ2) is 9.41. The highest BCUT2D eigenvalue weighted by atomic mass is 35.5. The zero-order valence-corrected chi connectivity index (χ0v) is 18.3. The highest BCUT2D eigenvalue weighted by Gasteiger charge is 2.28. The van der Waals surface area contributed by atoms with Crippen LogP contribution in [0.25, 0.3) is 0 Å². The van der Waals surface area contributed by atoms with E-state index in [2.05, 4.69) is 5.32 Å². The van der Waals surface area contributed by atoms with Crippen LogP contribution in [0.5, 0.6) is 17.2 Å². The van der Waals surface area contributed by atoms with Gasteiger partial charge in [0, 0.05) is 28.8 Å². The number of methoxy groups -OCH3 is 1. The van der Waals surface area contributed by atoms with E-state index in [-0.39, 0.29) is 18.0 Å². The number of benzene rings is 3. The molecule has 0 unspecified atom stereocenters. The molecule has 0 fully saturated rings. The summed E-state index contributed by atoms with van der Waals surface area (Å²) in [6.45, 7) is 2.38. The van der Waals surface area contributed by atoms with E-state index in [4.69, 9.17) is 26.1 Å². The predicted molar refractivity (Wildman–Crippen MR) is 123 cm³/mol. The van der Waals surface area contributed by atoms with Crippen molar-refractivity contribution in [1.82, 2.24) is 5.32 Å². The minimum Gasteiger partial charge on any atom is -0.504 e. The van der Waals surface area contributed by atoms with Crippen LogP contribution in [0.2, 0.25) is 5.02 Å². The number of halogens is 1. The van der Waals surface area contributed by atoms with Gasteiger partial charge in [-0.3, -0.25) is 10.3 Å². The van der Waals surface area contributed by atoms with Crippen molar-refractivity contribution < 1.29 is 14.6 Å². The lowest BCUT2D eigenvalue weighted by molar-refractivity contribution is 0.313. The number of nitrogens with one attached hydrogen (secondary N) is 1. The van der Waals surface area contributed by atoms with Gasteiger partial charge in [0.25, 0.3) is 0 Å². The Kier molecular flexibility index (Phi) is 6.44. The van der Waals surface area contributed by atoms with Crippen LogP contribution < -0.4 is 14.8 Å². The summed E-state index contributed by atoms with van der Waals surface area (Å²) in [5.41, 5.74) is 3.70. The van der Waals surface area contributed by atoms with Gasteiger partial charge in [0.2, 0.25) is 0 Å². The molecule has 1 aliphatic rings. The maximum atomic E-state index is 10.9. The lowest BCUT2D eigenvalue weighted by Gasteiger charge is -2.31. The monoisotopic (exact) mass is 436 g/mol. The van der Waals surface area contributed by atoms with Crippen LogP contribution in [-0.4, -0.2) is 24.5 Å². The Morgan fingerprint density at radius 1 is 1.10 bits per heavy atom. The van der Waals surface area contributed by atoms with Crippen LogP contribution in [0.3, 0.4) is 0 Å². The third-order valence-electron chi connectivity index (χ3n) is 5.34. The largest absolute Gasteiger partial charge is 0.504 e. The Morgan fingerprint density at radius 3 is 2.61 bits per heavy atom. The van der Waals surface area contributed by atoms with Crippen LogP contribution in [0.4, 0.5) is 0 Å². The molecule has 0 spiro atoms. The van der Waals surface area contributed by atoms with Crippen molar-refractivity contribution in [2.45, 2.75) is 25.6 Å². The van der Waals surface area contributed by atoms with Gasteiger partial charge < -0.3 is 14.6 Å². The zero-order valence-electron chi connectivity index (χ0n) is 17.5. The molecule has 2 N–H and O–H groups in total. The highest BCUT2D eigenvalue weighted by molar-refractivity contribution is 6.30. The molecule has 1 heterocycles. The summed E-state index contributed by atoms with van der Waals surface area (Å²) in [6, 6.07) is 21.0. The zero-order chi connectivity index (χ0) is 21.8. The quantitative estimate of drug-likeness (QED) is 0.522. The number of aromatic hydroxyl groups is 1. The molecule has 0 radical (unpaired) electrons. The number of hydrogen-bond acceptors (Lipinski definition) is 5. The SMILES string of the molecule is CCOc1cccc([C@H]2CC(c3cccc(OC)c3)=N[C@H](c3ccc(Cl)cc3)N2)c1O. The molecule has 160 valence electrons. The summed E-state index contributed by atoms with van der Waals surface area (Å²) in [5.74, 6) is 1.42. The smallest absolute Gasteiger partial charge is 0.162 e. The molecular formula is C25H25ClN2O3. The molecule has 0 saturated carbocycles. The van der Waals surface area contributed by atoms with Crippen molar-refractivity contribution in [1.29, 1.82) is 0 Å². The second-order valence-corrected chi connectivity index (χ2v) is 7.75. The fourth-order valence-corrected chi connectivity index (χ4v) is 3.92. The molecule has 4 rings (SSSR count). The summed E-state index contributed by atoms with van der Waals surface area (Å²) >= 11 is 6.08. The van der Waals surface area contributed by atoms with E-state index in [1.807, 2.05) is 67.6 Å². The standard InChI is InChI=1S/C25H25ClN2O3/c1-3-31-23-9-5-8-20(24(23)29)22-15-21(17-6-4-7-19(14-17)30-2)27-25(28-22)16-10-12-18(26)13-11-16/h4-14,22,25,28-29H,3,15H2,1-2H3/t22-,25+/m1/s1. The van der Waals surface area contributed by atoms with Gasteiger partial charge in [-0.05, 0) is 48.4 Å². The van der Waals surface area contributed by atoms with E-state index in [1.165, 1.54) is 0 Å². The van der Waals surface area contributed by atoms with Gasteiger partial charge in [0.15, 0.2) is 11.5 Å². The van der Waals surface area contributed by atoms with Gasteiger partial charge in [-0.15, -0.1) is 0 Å². The van der Waals surface area contributed by atoms with Crippen LogP contribution in [0.1, 0.15) is 42.2 Å². The topological polar surface area (TPSA) is 63.1 Å². The van der Waals surface area contributed by atoms with Gasteiger partial charge in [-0.25, -0.2) is 0 Å². The Bertz CT molecular complexity index is 1080. The normalized spacial score (nSPS) is 18.4. The second-order valence-electron chi connectivity index (χ2n) is 7.31. The molecule has 3 aromatic rings. The van der Waals surface area contributed by atoms with Crippen LogP contribution in [0.15, 0.2) is 71.7 Å². The molecular weight excluding hydrogens is 412 g/mol. The lowest BCUT2D eigenvalue weighted by Crippen LogP contribution is -2.33. The first-order valence-corrected chi connectivity index (χ1v) is 10.6. The number of nitrogens with zero attached hydrogens (tertiary/aromatic N) is 1. The highest BCUT2D eigenvalue weighted by Crippen LogP contribution is 2.39. The first-order chi connectivity index (χ1) is 15.1. The molecule has 6 heteroatoms. The van der Waals surface area contributed by atoms with E-state index in [0.29, 0.717) is 23.8 Å². The van der Waals surface area contributed by atoms with Crippen molar-refractivity contribution >= 4 is 17.3 Å². The maximum absolute atomic E-state index is 10.9. The molecule has 5 nitrogen and oxygen atoms in total. The molecule has 31 heavy (non-hydrogen) atoms. The summed E-state index contributed by atoms with van der Waals surface area (Å²) < 4.78 is 11.0. The van der Waals surface area contributed by atoms with Crippen molar-refractivity contribution in [2.75, 3.05) is 13.7 Å². The van der Waals surface area contributed by atoms with Crippen LogP contribution in [-0.2, 0) is 0 Å². The van der Waals surface area contributed by atoms with Gasteiger partial charge in [-0.1, -0.05) is 48.0 Å². The number of hydrogen-bond donors (Lipinski definition) is 2. The van der Waals surface area contributed by atoms with Crippen LogP contribution >= 0.6 is 11.6 Å². The molecule has 0 bridgehead atoms. The molecule has 0 amide bonds. The summed E-state index contributed by atoms with van der Waals surface area (Å²) in [6.07, 6.45) is 0.327. The van der Waals surface area contributed by atoms with Gasteiger partial charge in [0.1, 0.15) is 11.9 Å². The van der Waals surface area contributed by atoms with E-state index < -0.39 is 0 Å². The third kappa shape index (κ3) is 4.68. The molecule has 0 aliphatic carbocycles. The fourth-order valence-electron chi connectivity index (χ4n) is 3.79. The van der Waals surface area contributed by atoms with E-state index in [0.717, 1.165) is 28.2 Å². The van der Waals surface area contributed by atoms with Crippen molar-refractivity contribution in [3.8, 4) is 17.2 Å². The number of phenols is 1. The molecule has 0 saturated heterocycles. The number of phenolic OH excluding ortho intramolecular Hbond substituents is 1. The molecule has 1 aliphatic heterocycles.